The van der Waals surface area contributed by atoms with Crippen LogP contribution >= 0.6 is 0 Å². The van der Waals surface area contributed by atoms with E-state index in [1.165, 1.54) is 42.4 Å². The van der Waals surface area contributed by atoms with Crippen LogP contribution in [0.4, 0.5) is 0 Å². The maximum Gasteiger partial charge on any atom is 0.0295 e. The van der Waals surface area contributed by atoms with E-state index in [2.05, 4.69) is 61.6 Å². The lowest BCUT2D eigenvalue weighted by Crippen LogP contribution is -2.19. The summed E-state index contributed by atoms with van der Waals surface area (Å²) in [7, 11) is 0. The number of nitrogens with one attached hydrogen (secondary N) is 1. The summed E-state index contributed by atoms with van der Waals surface area (Å²) in [5.74, 6) is 0. The molecule has 1 unspecified atom stereocenters. The minimum atomic E-state index is 0.400. The third kappa shape index (κ3) is 3.36. The van der Waals surface area contributed by atoms with Crippen molar-refractivity contribution < 1.29 is 0 Å². The van der Waals surface area contributed by atoms with Gasteiger partial charge in [0, 0.05) is 12.6 Å². The fraction of sp³-hybridized carbons (Fsp3) is 0.400. The molecule has 21 heavy (non-hydrogen) atoms. The normalized spacial score (nSPS) is 15.5. The van der Waals surface area contributed by atoms with Crippen molar-refractivity contribution in [1.82, 2.24) is 5.32 Å². The van der Waals surface area contributed by atoms with Gasteiger partial charge < -0.3 is 5.32 Å². The second-order valence-electron chi connectivity index (χ2n) is 6.26. The van der Waals surface area contributed by atoms with Crippen molar-refractivity contribution in [3.05, 3.63) is 70.3 Å². The molecule has 0 heterocycles. The van der Waals surface area contributed by atoms with E-state index in [0.29, 0.717) is 6.04 Å². The number of benzene rings is 2. The molecule has 1 N–H and O–H groups in total. The highest BCUT2D eigenvalue weighted by Gasteiger charge is 2.12. The molecular formula is C20H25N. The zero-order valence-corrected chi connectivity index (χ0v) is 13.2. The second kappa shape index (κ2) is 6.44. The molecule has 0 radical (unpaired) electrons. The van der Waals surface area contributed by atoms with E-state index in [1.54, 1.807) is 11.1 Å². The molecule has 110 valence electrons. The third-order valence-corrected chi connectivity index (χ3v) is 4.73. The summed E-state index contributed by atoms with van der Waals surface area (Å²) < 4.78 is 0. The lowest BCUT2D eigenvalue weighted by atomic mass is 9.89. The molecule has 1 nitrogen and oxygen atoms in total. The van der Waals surface area contributed by atoms with Gasteiger partial charge in [0.1, 0.15) is 0 Å². The molecule has 1 heteroatoms. The number of fused-ring (bicyclic) bond motifs is 1. The molecule has 1 aliphatic carbocycles. The zero-order valence-electron chi connectivity index (χ0n) is 13.2. The lowest BCUT2D eigenvalue weighted by Gasteiger charge is -2.20. The number of hydrogen-bond donors (Lipinski definition) is 1. The van der Waals surface area contributed by atoms with Gasteiger partial charge in [0.25, 0.3) is 0 Å². The van der Waals surface area contributed by atoms with Gasteiger partial charge in [-0.2, -0.15) is 0 Å². The molecular weight excluding hydrogens is 254 g/mol. The first-order chi connectivity index (χ1) is 10.2. The Kier molecular flexibility index (Phi) is 4.40. The van der Waals surface area contributed by atoms with E-state index in [0.717, 1.165) is 6.54 Å². The van der Waals surface area contributed by atoms with Gasteiger partial charge in [-0.1, -0.05) is 42.5 Å². The van der Waals surface area contributed by atoms with Gasteiger partial charge in [0.05, 0.1) is 0 Å². The predicted octanol–water partition coefficient (Wildman–Crippen LogP) is 4.72. The highest BCUT2D eigenvalue weighted by atomic mass is 14.9. The molecule has 0 saturated heterocycles. The van der Waals surface area contributed by atoms with Crippen LogP contribution in [0.3, 0.4) is 0 Å². The Morgan fingerprint density at radius 2 is 1.76 bits per heavy atom. The molecule has 0 amide bonds. The fourth-order valence-corrected chi connectivity index (χ4v) is 3.21. The average Bonchev–Trinajstić information content (AvgIpc) is 2.53. The highest BCUT2D eigenvalue weighted by Crippen LogP contribution is 2.25. The molecule has 1 aliphatic rings. The first kappa shape index (κ1) is 14.3. The van der Waals surface area contributed by atoms with Crippen LogP contribution in [-0.4, -0.2) is 0 Å². The van der Waals surface area contributed by atoms with Crippen molar-refractivity contribution in [3.8, 4) is 0 Å². The van der Waals surface area contributed by atoms with Gasteiger partial charge in [-0.05, 0) is 67.3 Å². The Bertz CT molecular complexity index is 615. The van der Waals surface area contributed by atoms with E-state index >= 15 is 0 Å². The van der Waals surface area contributed by atoms with Gasteiger partial charge in [-0.3, -0.25) is 0 Å². The van der Waals surface area contributed by atoms with Crippen LogP contribution in [0.15, 0.2) is 42.5 Å². The molecule has 2 aromatic rings. The largest absolute Gasteiger partial charge is 0.306 e. The summed E-state index contributed by atoms with van der Waals surface area (Å²) in [6.07, 6.45) is 5.23. The highest BCUT2D eigenvalue weighted by molar-refractivity contribution is 5.35. The Labute approximate surface area is 128 Å². The van der Waals surface area contributed by atoms with Gasteiger partial charge in [-0.15, -0.1) is 0 Å². The second-order valence-corrected chi connectivity index (χ2v) is 6.26. The van der Waals surface area contributed by atoms with Crippen LogP contribution in [0.5, 0.6) is 0 Å². The zero-order chi connectivity index (χ0) is 14.7. The summed E-state index contributed by atoms with van der Waals surface area (Å²) in [4.78, 5) is 0. The maximum atomic E-state index is 3.66. The smallest absolute Gasteiger partial charge is 0.0295 e. The van der Waals surface area contributed by atoms with E-state index in [-0.39, 0.29) is 0 Å². The standard InChI is InChI=1S/C20H25N/c1-15-7-3-4-10-20(15)14-21-16(2)18-12-11-17-8-5-6-9-19(17)13-18/h3-4,7,10-13,16,21H,5-6,8-9,14H2,1-2H3. The van der Waals surface area contributed by atoms with Crippen LogP contribution in [0.1, 0.15) is 53.6 Å². The van der Waals surface area contributed by atoms with E-state index in [4.69, 9.17) is 0 Å². The summed E-state index contributed by atoms with van der Waals surface area (Å²) in [5, 5.41) is 3.66. The van der Waals surface area contributed by atoms with Crippen LogP contribution < -0.4 is 5.32 Å². The molecule has 1 atom stereocenters. The van der Waals surface area contributed by atoms with Gasteiger partial charge >= 0.3 is 0 Å². The fourth-order valence-electron chi connectivity index (χ4n) is 3.21. The van der Waals surface area contributed by atoms with E-state index in [9.17, 15) is 0 Å². The molecule has 0 bridgehead atoms. The summed E-state index contributed by atoms with van der Waals surface area (Å²) in [6.45, 7) is 5.38. The lowest BCUT2D eigenvalue weighted by molar-refractivity contribution is 0.571. The maximum absolute atomic E-state index is 3.66. The first-order valence-electron chi connectivity index (χ1n) is 8.13. The van der Waals surface area contributed by atoms with Crippen molar-refractivity contribution in [2.24, 2.45) is 0 Å². The molecule has 0 spiro atoms. The van der Waals surface area contributed by atoms with E-state index < -0.39 is 0 Å². The van der Waals surface area contributed by atoms with Crippen molar-refractivity contribution in [2.45, 2.75) is 52.1 Å². The molecule has 2 aromatic carbocycles. The summed E-state index contributed by atoms with van der Waals surface area (Å²) in [5.41, 5.74) is 7.31. The first-order valence-corrected chi connectivity index (χ1v) is 8.13. The molecule has 0 fully saturated rings. The topological polar surface area (TPSA) is 12.0 Å². The Morgan fingerprint density at radius 3 is 2.57 bits per heavy atom. The Morgan fingerprint density at radius 1 is 1.00 bits per heavy atom. The average molecular weight is 279 g/mol. The van der Waals surface area contributed by atoms with Crippen molar-refractivity contribution >= 4 is 0 Å². The van der Waals surface area contributed by atoms with Crippen LogP contribution in [0.2, 0.25) is 0 Å². The SMILES string of the molecule is Cc1ccccc1CNC(C)c1ccc2c(c1)CCCC2. The van der Waals surface area contributed by atoms with Gasteiger partial charge in [0.2, 0.25) is 0 Å². The number of hydrogen-bond acceptors (Lipinski definition) is 1. The van der Waals surface area contributed by atoms with Gasteiger partial charge in [0.15, 0.2) is 0 Å². The minimum Gasteiger partial charge on any atom is -0.306 e. The predicted molar refractivity (Wildman–Crippen MR) is 89.5 cm³/mol. The molecule has 0 saturated carbocycles. The number of aryl methyl sites for hydroxylation is 3. The Balaban J connectivity index is 1.68. The van der Waals surface area contributed by atoms with Crippen LogP contribution in [0, 0.1) is 6.92 Å². The molecule has 3 rings (SSSR count). The van der Waals surface area contributed by atoms with Crippen LogP contribution in [-0.2, 0) is 19.4 Å². The van der Waals surface area contributed by atoms with Crippen LogP contribution in [0.25, 0.3) is 0 Å². The monoisotopic (exact) mass is 279 g/mol. The van der Waals surface area contributed by atoms with Crippen molar-refractivity contribution in [2.75, 3.05) is 0 Å². The number of rotatable bonds is 4. The molecule has 0 aromatic heterocycles. The minimum absolute atomic E-state index is 0.400. The van der Waals surface area contributed by atoms with Crippen molar-refractivity contribution in [3.63, 3.8) is 0 Å². The van der Waals surface area contributed by atoms with Gasteiger partial charge in [-0.25, -0.2) is 0 Å². The van der Waals surface area contributed by atoms with Crippen molar-refractivity contribution in [1.29, 1.82) is 0 Å². The summed E-state index contributed by atoms with van der Waals surface area (Å²) in [6, 6.07) is 16.1. The summed E-state index contributed by atoms with van der Waals surface area (Å²) >= 11 is 0. The Hall–Kier alpha value is -1.60. The third-order valence-electron chi connectivity index (χ3n) is 4.73. The molecule has 0 aliphatic heterocycles. The quantitative estimate of drug-likeness (QED) is 0.853. The van der Waals surface area contributed by atoms with E-state index in [1.807, 2.05) is 0 Å².